The third kappa shape index (κ3) is 5.16. The lowest BCUT2D eigenvalue weighted by atomic mass is 10.2. The molecule has 10 heteroatoms. The molecule has 1 aliphatic heterocycles. The van der Waals surface area contributed by atoms with E-state index < -0.39 is 0 Å². The number of nitrogens with one attached hydrogen (secondary N) is 1. The Hall–Kier alpha value is -3.08. The van der Waals surface area contributed by atoms with Crippen LogP contribution in [0.4, 0.5) is 10.8 Å². The molecule has 0 atom stereocenters. The number of hydrogen-bond acceptors (Lipinski definition) is 8. The molecule has 1 aliphatic rings. The summed E-state index contributed by atoms with van der Waals surface area (Å²) in [5, 5.41) is 11.5. The number of rotatable bonds is 6. The van der Waals surface area contributed by atoms with Crippen LogP contribution >= 0.6 is 35.3 Å². The quantitative estimate of drug-likeness (QED) is 0.427. The van der Waals surface area contributed by atoms with Gasteiger partial charge in [0, 0.05) is 0 Å². The zero-order valence-corrected chi connectivity index (χ0v) is 18.7. The number of aromatic nitrogens is 2. The Kier molecular flexibility index (Phi) is 6.40. The lowest BCUT2D eigenvalue weighted by molar-refractivity contribution is -0.118. The highest BCUT2D eigenvalue weighted by atomic mass is 32.2. The number of carbonyl (C=O) groups is 2. The van der Waals surface area contributed by atoms with Crippen molar-refractivity contribution in [2.24, 2.45) is 0 Å². The Labute approximate surface area is 192 Å². The highest BCUT2D eigenvalue weighted by molar-refractivity contribution is 8.27. The van der Waals surface area contributed by atoms with Gasteiger partial charge < -0.3 is 4.74 Å². The molecule has 2 heterocycles. The van der Waals surface area contributed by atoms with Crippen LogP contribution in [0.5, 0.6) is 5.75 Å². The van der Waals surface area contributed by atoms with Crippen LogP contribution < -0.4 is 15.0 Å². The number of thiocarbonyl (C=S) groups is 1. The van der Waals surface area contributed by atoms with Crippen molar-refractivity contribution in [2.45, 2.75) is 6.92 Å². The van der Waals surface area contributed by atoms with Gasteiger partial charge in [-0.1, -0.05) is 65.6 Å². The van der Waals surface area contributed by atoms with Crippen LogP contribution in [0, 0.1) is 6.92 Å². The number of ether oxygens (including phenoxy) is 1. The molecule has 0 aliphatic carbocycles. The highest BCUT2D eigenvalue weighted by Crippen LogP contribution is 2.36. The van der Waals surface area contributed by atoms with Gasteiger partial charge in [0.1, 0.15) is 10.8 Å². The minimum absolute atomic E-state index is 0.145. The summed E-state index contributed by atoms with van der Waals surface area (Å²) in [6, 6.07) is 16.4. The fourth-order valence-electron chi connectivity index (χ4n) is 2.73. The monoisotopic (exact) mass is 468 g/mol. The molecule has 0 saturated carbocycles. The van der Waals surface area contributed by atoms with Crippen molar-refractivity contribution in [2.75, 3.05) is 16.8 Å². The van der Waals surface area contributed by atoms with E-state index in [1.54, 1.807) is 18.2 Å². The molecule has 1 N–H and O–H groups in total. The number of amides is 2. The molecule has 0 bridgehead atoms. The van der Waals surface area contributed by atoms with E-state index in [1.807, 2.05) is 49.4 Å². The van der Waals surface area contributed by atoms with Gasteiger partial charge in [0.15, 0.2) is 10.9 Å². The molecule has 0 radical (unpaired) electrons. The van der Waals surface area contributed by atoms with Gasteiger partial charge in [-0.15, -0.1) is 10.2 Å². The number of hydrogen-bond donors (Lipinski definition) is 1. The van der Waals surface area contributed by atoms with Crippen molar-refractivity contribution in [3.63, 3.8) is 0 Å². The van der Waals surface area contributed by atoms with Crippen LogP contribution in [0.15, 0.2) is 59.5 Å². The number of thioether (sulfide) groups is 1. The molecule has 4 rings (SSSR count). The molecule has 1 aromatic heterocycles. The SMILES string of the molecule is Cc1nnc(NC(=O)COc2ccc(/C=C3\SC(=S)N(c4ccccc4)C3=O)cc2)s1. The van der Waals surface area contributed by atoms with Crippen molar-refractivity contribution in [3.8, 4) is 5.75 Å². The average Bonchev–Trinajstić information content (AvgIpc) is 3.29. The topological polar surface area (TPSA) is 84.4 Å². The number of para-hydroxylation sites is 1. The summed E-state index contributed by atoms with van der Waals surface area (Å²) in [5.74, 6) is 0.0764. The smallest absolute Gasteiger partial charge is 0.270 e. The molecule has 7 nitrogen and oxygen atoms in total. The number of carbonyl (C=O) groups excluding carboxylic acids is 2. The number of aryl methyl sites for hydroxylation is 1. The van der Waals surface area contributed by atoms with E-state index in [1.165, 1.54) is 28.0 Å². The zero-order chi connectivity index (χ0) is 21.8. The van der Waals surface area contributed by atoms with Crippen LogP contribution in [0.2, 0.25) is 0 Å². The van der Waals surface area contributed by atoms with Gasteiger partial charge in [0.2, 0.25) is 5.13 Å². The molecule has 1 fully saturated rings. The predicted octanol–water partition coefficient (Wildman–Crippen LogP) is 4.27. The first-order chi connectivity index (χ1) is 15.0. The summed E-state index contributed by atoms with van der Waals surface area (Å²) in [4.78, 5) is 26.8. The summed E-state index contributed by atoms with van der Waals surface area (Å²) in [7, 11) is 0. The second kappa shape index (κ2) is 9.38. The van der Waals surface area contributed by atoms with E-state index in [2.05, 4.69) is 15.5 Å². The predicted molar refractivity (Wildman–Crippen MR) is 127 cm³/mol. The largest absolute Gasteiger partial charge is 0.484 e. The molecule has 2 aromatic carbocycles. The highest BCUT2D eigenvalue weighted by Gasteiger charge is 2.33. The summed E-state index contributed by atoms with van der Waals surface area (Å²) in [5.41, 5.74) is 1.58. The van der Waals surface area contributed by atoms with E-state index >= 15 is 0 Å². The lowest BCUT2D eigenvalue weighted by Crippen LogP contribution is -2.27. The maximum absolute atomic E-state index is 12.8. The van der Waals surface area contributed by atoms with Crippen molar-refractivity contribution in [3.05, 3.63) is 70.1 Å². The summed E-state index contributed by atoms with van der Waals surface area (Å²) >= 11 is 7.94. The molecule has 3 aromatic rings. The Morgan fingerprint density at radius 2 is 1.90 bits per heavy atom. The maximum atomic E-state index is 12.8. The fraction of sp³-hybridized carbons (Fsp3) is 0.0952. The number of benzene rings is 2. The van der Waals surface area contributed by atoms with Gasteiger partial charge in [0.25, 0.3) is 11.8 Å². The van der Waals surface area contributed by atoms with Crippen LogP contribution in [-0.2, 0) is 9.59 Å². The van der Waals surface area contributed by atoms with Gasteiger partial charge in [0.05, 0.1) is 10.6 Å². The Bertz CT molecular complexity index is 1160. The third-order valence-electron chi connectivity index (χ3n) is 4.13. The molecular formula is C21H16N4O3S3. The van der Waals surface area contributed by atoms with Crippen molar-refractivity contribution >= 4 is 68.3 Å². The van der Waals surface area contributed by atoms with Crippen LogP contribution in [0.3, 0.4) is 0 Å². The Balaban J connectivity index is 1.37. The fourth-order valence-corrected chi connectivity index (χ4v) is 4.64. The summed E-state index contributed by atoms with van der Waals surface area (Å²) in [6.07, 6.45) is 1.79. The van der Waals surface area contributed by atoms with Crippen LogP contribution in [0.25, 0.3) is 6.08 Å². The van der Waals surface area contributed by atoms with Crippen molar-refractivity contribution in [1.29, 1.82) is 0 Å². The number of nitrogens with zero attached hydrogens (tertiary/aromatic N) is 3. The molecule has 156 valence electrons. The first kappa shape index (κ1) is 21.2. The molecule has 31 heavy (non-hydrogen) atoms. The summed E-state index contributed by atoms with van der Waals surface area (Å²) < 4.78 is 6.01. The van der Waals surface area contributed by atoms with E-state index in [9.17, 15) is 9.59 Å². The zero-order valence-electron chi connectivity index (χ0n) is 16.3. The maximum Gasteiger partial charge on any atom is 0.270 e. The normalized spacial score (nSPS) is 14.9. The minimum Gasteiger partial charge on any atom is -0.484 e. The molecule has 2 amide bonds. The standard InChI is InChI=1S/C21H16N4O3S3/c1-13-23-24-20(30-13)22-18(26)12-28-16-9-7-14(8-10-16)11-17-19(27)25(21(29)31-17)15-5-3-2-4-6-15/h2-11H,12H2,1H3,(H,22,24,26)/b17-11-. The summed E-state index contributed by atoms with van der Waals surface area (Å²) in [6.45, 7) is 1.67. The van der Waals surface area contributed by atoms with Crippen molar-refractivity contribution in [1.82, 2.24) is 10.2 Å². The molecular weight excluding hydrogens is 452 g/mol. The number of anilines is 2. The lowest BCUT2D eigenvalue weighted by Gasteiger charge is -2.13. The second-order valence-corrected chi connectivity index (χ2v) is 9.24. The Morgan fingerprint density at radius 3 is 2.58 bits per heavy atom. The van der Waals surface area contributed by atoms with Gasteiger partial charge in [-0.3, -0.25) is 19.8 Å². The van der Waals surface area contributed by atoms with Crippen molar-refractivity contribution < 1.29 is 14.3 Å². The molecule has 0 unspecified atom stereocenters. The first-order valence-corrected chi connectivity index (χ1v) is 11.2. The average molecular weight is 469 g/mol. The minimum atomic E-state index is -0.315. The van der Waals surface area contributed by atoms with Crippen LogP contribution in [0.1, 0.15) is 10.6 Å². The molecule has 0 spiro atoms. The molecule has 1 saturated heterocycles. The van der Waals surface area contributed by atoms with E-state index in [-0.39, 0.29) is 18.4 Å². The van der Waals surface area contributed by atoms with Gasteiger partial charge in [-0.25, -0.2) is 0 Å². The van der Waals surface area contributed by atoms with Crippen LogP contribution in [-0.4, -0.2) is 32.9 Å². The first-order valence-electron chi connectivity index (χ1n) is 9.15. The van der Waals surface area contributed by atoms with E-state index in [4.69, 9.17) is 17.0 Å². The van der Waals surface area contributed by atoms with Gasteiger partial charge in [-0.2, -0.15) is 0 Å². The Morgan fingerprint density at radius 1 is 1.16 bits per heavy atom. The second-order valence-electron chi connectivity index (χ2n) is 6.38. The van der Waals surface area contributed by atoms with E-state index in [0.29, 0.717) is 20.1 Å². The van der Waals surface area contributed by atoms with E-state index in [0.717, 1.165) is 16.3 Å². The van der Waals surface area contributed by atoms with Gasteiger partial charge in [-0.05, 0) is 42.8 Å². The third-order valence-corrected chi connectivity index (χ3v) is 6.18. The van der Waals surface area contributed by atoms with Gasteiger partial charge >= 0.3 is 0 Å².